The van der Waals surface area contributed by atoms with Gasteiger partial charge in [-0.25, -0.2) is 9.97 Å². The van der Waals surface area contributed by atoms with Gasteiger partial charge in [0.1, 0.15) is 6.10 Å². The number of benzene rings is 1. The van der Waals surface area contributed by atoms with E-state index in [2.05, 4.69) is 9.97 Å². The maximum absolute atomic E-state index is 12.7. The lowest BCUT2D eigenvalue weighted by molar-refractivity contribution is -0.137. The molecule has 1 heterocycles. The summed E-state index contributed by atoms with van der Waals surface area (Å²) >= 11 is 0. The molecule has 0 saturated heterocycles. The molecule has 1 N–H and O–H groups in total. The van der Waals surface area contributed by atoms with Crippen LogP contribution in [-0.2, 0) is 11.6 Å². The monoisotopic (exact) mass is 308 g/mol. The van der Waals surface area contributed by atoms with Crippen LogP contribution in [0.3, 0.4) is 0 Å². The van der Waals surface area contributed by atoms with Crippen molar-refractivity contribution in [2.75, 3.05) is 0 Å². The van der Waals surface area contributed by atoms with Crippen molar-refractivity contribution in [2.24, 2.45) is 0 Å². The second kappa shape index (κ2) is 5.35. The molecule has 116 valence electrons. The van der Waals surface area contributed by atoms with E-state index in [-0.39, 0.29) is 0 Å². The smallest absolute Gasteiger partial charge is 0.384 e. The molecule has 0 bridgehead atoms. The second-order valence-corrected chi connectivity index (χ2v) is 5.59. The van der Waals surface area contributed by atoms with Crippen molar-refractivity contribution in [1.82, 2.24) is 9.97 Å². The third-order valence-electron chi connectivity index (χ3n) is 4.39. The van der Waals surface area contributed by atoms with E-state index in [1.807, 2.05) is 0 Å². The summed E-state index contributed by atoms with van der Waals surface area (Å²) in [6.07, 6.45) is 0.154. The highest BCUT2D eigenvalue weighted by atomic mass is 19.4. The average molecular weight is 308 g/mol. The van der Waals surface area contributed by atoms with Gasteiger partial charge in [-0.15, -0.1) is 0 Å². The van der Waals surface area contributed by atoms with Gasteiger partial charge in [0.05, 0.1) is 5.56 Å². The quantitative estimate of drug-likeness (QED) is 0.941. The number of halogens is 3. The summed E-state index contributed by atoms with van der Waals surface area (Å²) in [5.74, 6) is 0.307. The molecule has 1 atom stereocenters. The molecule has 1 fully saturated rings. The van der Waals surface area contributed by atoms with Crippen molar-refractivity contribution in [2.45, 2.75) is 37.0 Å². The number of aliphatic hydroxyl groups excluding tert-OH is 1. The summed E-state index contributed by atoms with van der Waals surface area (Å²) in [5.41, 5.74) is -0.575. The molecule has 0 radical (unpaired) electrons. The van der Waals surface area contributed by atoms with Gasteiger partial charge in [-0.05, 0) is 36.6 Å². The van der Waals surface area contributed by atoms with Crippen molar-refractivity contribution in [3.05, 3.63) is 59.7 Å². The maximum Gasteiger partial charge on any atom is 0.416 e. The number of alkyl halides is 3. The molecular formula is C16H15F3N2O. The van der Waals surface area contributed by atoms with Crippen LogP contribution >= 0.6 is 0 Å². The van der Waals surface area contributed by atoms with Gasteiger partial charge < -0.3 is 5.11 Å². The van der Waals surface area contributed by atoms with Crippen LogP contribution in [0.25, 0.3) is 0 Å². The van der Waals surface area contributed by atoms with E-state index >= 15 is 0 Å². The van der Waals surface area contributed by atoms with E-state index < -0.39 is 23.3 Å². The van der Waals surface area contributed by atoms with Gasteiger partial charge in [0.25, 0.3) is 0 Å². The van der Waals surface area contributed by atoms with E-state index in [1.54, 1.807) is 18.5 Å². The first-order valence-corrected chi connectivity index (χ1v) is 7.06. The minimum atomic E-state index is -4.35. The van der Waals surface area contributed by atoms with E-state index in [1.165, 1.54) is 12.1 Å². The Bertz CT molecular complexity index is 637. The summed E-state index contributed by atoms with van der Waals surface area (Å²) in [7, 11) is 0. The van der Waals surface area contributed by atoms with Gasteiger partial charge in [0, 0.05) is 17.8 Å². The molecule has 3 nitrogen and oxygen atoms in total. The Morgan fingerprint density at radius 3 is 2.09 bits per heavy atom. The third-order valence-corrected chi connectivity index (χ3v) is 4.39. The summed E-state index contributed by atoms with van der Waals surface area (Å²) in [5, 5.41) is 10.6. The molecule has 1 aliphatic carbocycles. The molecule has 2 aromatic rings. The van der Waals surface area contributed by atoms with Crippen molar-refractivity contribution in [3.63, 3.8) is 0 Å². The Labute approximate surface area is 125 Å². The zero-order chi connectivity index (χ0) is 15.8. The van der Waals surface area contributed by atoms with Crippen molar-refractivity contribution in [1.29, 1.82) is 0 Å². The van der Waals surface area contributed by atoms with Gasteiger partial charge >= 0.3 is 6.18 Å². The molecule has 6 heteroatoms. The zero-order valence-corrected chi connectivity index (χ0v) is 11.7. The van der Waals surface area contributed by atoms with Crippen LogP contribution in [0.5, 0.6) is 0 Å². The molecule has 1 aliphatic rings. The number of nitrogens with zero attached hydrogens (tertiary/aromatic N) is 2. The molecule has 0 aliphatic heterocycles. The number of hydrogen-bond acceptors (Lipinski definition) is 3. The minimum absolute atomic E-state index is 0.307. The van der Waals surface area contributed by atoms with E-state index in [4.69, 9.17) is 0 Å². The first-order valence-electron chi connectivity index (χ1n) is 7.06. The normalized spacial score (nSPS) is 18.5. The van der Waals surface area contributed by atoms with Crippen LogP contribution in [0.4, 0.5) is 13.2 Å². The fraction of sp³-hybridized carbons (Fsp3) is 0.375. The fourth-order valence-electron chi connectivity index (χ4n) is 2.97. The molecule has 22 heavy (non-hydrogen) atoms. The van der Waals surface area contributed by atoms with Gasteiger partial charge in [-0.2, -0.15) is 13.2 Å². The predicted octanol–water partition coefficient (Wildman–Crippen LogP) is 3.65. The fourth-order valence-corrected chi connectivity index (χ4v) is 2.97. The molecule has 1 aromatic heterocycles. The lowest BCUT2D eigenvalue weighted by Gasteiger charge is -2.45. The molecule has 3 rings (SSSR count). The predicted molar refractivity (Wildman–Crippen MR) is 74.0 cm³/mol. The number of hydrogen-bond donors (Lipinski definition) is 1. The Kier molecular flexibility index (Phi) is 3.64. The highest BCUT2D eigenvalue weighted by Gasteiger charge is 2.47. The van der Waals surface area contributed by atoms with Crippen LogP contribution < -0.4 is 0 Å². The summed E-state index contributed by atoms with van der Waals surface area (Å²) in [4.78, 5) is 8.14. The van der Waals surface area contributed by atoms with Crippen LogP contribution in [0, 0.1) is 0 Å². The molecular weight excluding hydrogens is 293 g/mol. The highest BCUT2D eigenvalue weighted by Crippen LogP contribution is 2.51. The molecule has 0 amide bonds. The van der Waals surface area contributed by atoms with Crippen LogP contribution in [0.2, 0.25) is 0 Å². The summed E-state index contributed by atoms with van der Waals surface area (Å²) in [6, 6.07) is 6.69. The number of aliphatic hydroxyl groups is 1. The Morgan fingerprint density at radius 1 is 1.05 bits per heavy atom. The number of rotatable bonds is 3. The Balaban J connectivity index is 1.93. The molecule has 0 spiro atoms. The van der Waals surface area contributed by atoms with Gasteiger partial charge in [-0.3, -0.25) is 0 Å². The van der Waals surface area contributed by atoms with Gasteiger partial charge in [0.2, 0.25) is 0 Å². The minimum Gasteiger partial charge on any atom is -0.384 e. The topological polar surface area (TPSA) is 46.0 Å². The van der Waals surface area contributed by atoms with E-state index in [0.29, 0.717) is 24.2 Å². The van der Waals surface area contributed by atoms with Gasteiger partial charge in [0.15, 0.2) is 5.82 Å². The second-order valence-electron chi connectivity index (χ2n) is 5.59. The Hall–Kier alpha value is -1.95. The molecule has 0 unspecified atom stereocenters. The van der Waals surface area contributed by atoms with Crippen LogP contribution in [0.1, 0.15) is 42.3 Å². The summed E-state index contributed by atoms with van der Waals surface area (Å²) in [6.45, 7) is 0. The summed E-state index contributed by atoms with van der Waals surface area (Å²) < 4.78 is 38.0. The lowest BCUT2D eigenvalue weighted by atomic mass is 9.61. The van der Waals surface area contributed by atoms with E-state index in [9.17, 15) is 18.3 Å². The largest absolute Gasteiger partial charge is 0.416 e. The SMILES string of the molecule is O[C@H](c1ncccn1)C1(c2ccc(C(F)(F)F)cc2)CCC1. The maximum atomic E-state index is 12.7. The van der Waals surface area contributed by atoms with E-state index in [0.717, 1.165) is 18.6 Å². The zero-order valence-electron chi connectivity index (χ0n) is 11.7. The van der Waals surface area contributed by atoms with Gasteiger partial charge in [-0.1, -0.05) is 18.6 Å². The Morgan fingerprint density at radius 2 is 1.64 bits per heavy atom. The first kappa shape index (κ1) is 15.0. The molecule has 1 saturated carbocycles. The first-order chi connectivity index (χ1) is 10.4. The van der Waals surface area contributed by atoms with Crippen molar-refractivity contribution >= 4 is 0 Å². The third kappa shape index (κ3) is 2.47. The van der Waals surface area contributed by atoms with Crippen molar-refractivity contribution in [3.8, 4) is 0 Å². The lowest BCUT2D eigenvalue weighted by Crippen LogP contribution is -2.41. The average Bonchev–Trinajstić information content (AvgIpc) is 2.46. The standard InChI is InChI=1S/C16H15F3N2O/c17-16(18,19)12-5-3-11(4-6-12)15(7-1-8-15)13(22)14-20-9-2-10-21-14/h2-6,9-10,13,22H,1,7-8H2/t13-/m1/s1. The highest BCUT2D eigenvalue weighted by molar-refractivity contribution is 5.34. The van der Waals surface area contributed by atoms with Crippen molar-refractivity contribution < 1.29 is 18.3 Å². The molecule has 1 aromatic carbocycles. The van der Waals surface area contributed by atoms with Crippen LogP contribution in [-0.4, -0.2) is 15.1 Å². The number of aromatic nitrogens is 2. The van der Waals surface area contributed by atoms with Crippen LogP contribution in [0.15, 0.2) is 42.7 Å².